The summed E-state index contributed by atoms with van der Waals surface area (Å²) in [6.07, 6.45) is -0.504. The van der Waals surface area contributed by atoms with Crippen LogP contribution in [0.1, 0.15) is 18.9 Å². The molecule has 0 unspecified atom stereocenters. The fraction of sp³-hybridized carbons (Fsp3) is 0.348. The standard InChI is InChI=1S/C23H25FN4O4S/c1-16(31-18-9-7-17(24)8-10-18)22-25-26-23(32-22)33-15-21(29)28-13-11-27(12-14-28)19-5-3-4-6-20(19)30-2/h3-10,16H,11-15H2,1-2H3/t16-/m1/s1. The molecule has 4 rings (SSSR count). The summed E-state index contributed by atoms with van der Waals surface area (Å²) in [5.74, 6) is 1.52. The Kier molecular flexibility index (Phi) is 7.33. The van der Waals surface area contributed by atoms with Crippen LogP contribution in [0.3, 0.4) is 0 Å². The van der Waals surface area contributed by atoms with Crippen LogP contribution < -0.4 is 14.4 Å². The molecule has 1 aliphatic heterocycles. The number of halogens is 1. The van der Waals surface area contributed by atoms with Crippen molar-refractivity contribution in [1.29, 1.82) is 0 Å². The summed E-state index contributed by atoms with van der Waals surface area (Å²) in [4.78, 5) is 16.7. The average molecular weight is 473 g/mol. The van der Waals surface area contributed by atoms with Gasteiger partial charge in [-0.05, 0) is 43.3 Å². The van der Waals surface area contributed by atoms with E-state index in [0.717, 1.165) is 24.5 Å². The maximum atomic E-state index is 13.0. The fourth-order valence-corrected chi connectivity index (χ4v) is 4.19. The van der Waals surface area contributed by atoms with Gasteiger partial charge in [0.05, 0.1) is 18.6 Å². The van der Waals surface area contributed by atoms with Gasteiger partial charge in [-0.3, -0.25) is 4.79 Å². The van der Waals surface area contributed by atoms with Gasteiger partial charge in [0.1, 0.15) is 17.3 Å². The normalized spacial score (nSPS) is 14.8. The summed E-state index contributed by atoms with van der Waals surface area (Å²) in [5.41, 5.74) is 1.04. The number of anilines is 1. The first kappa shape index (κ1) is 22.9. The summed E-state index contributed by atoms with van der Waals surface area (Å²) in [6.45, 7) is 4.50. The summed E-state index contributed by atoms with van der Waals surface area (Å²) >= 11 is 1.20. The maximum absolute atomic E-state index is 13.0. The lowest BCUT2D eigenvalue weighted by Crippen LogP contribution is -2.49. The highest BCUT2D eigenvalue weighted by Gasteiger charge is 2.24. The zero-order valence-corrected chi connectivity index (χ0v) is 19.3. The molecule has 1 aromatic heterocycles. The van der Waals surface area contributed by atoms with Gasteiger partial charge in [0.15, 0.2) is 6.10 Å². The van der Waals surface area contributed by atoms with Gasteiger partial charge >= 0.3 is 0 Å². The minimum absolute atomic E-state index is 0.0232. The number of hydrogen-bond acceptors (Lipinski definition) is 8. The predicted octanol–water partition coefficient (Wildman–Crippen LogP) is 3.80. The van der Waals surface area contributed by atoms with E-state index in [9.17, 15) is 9.18 Å². The van der Waals surface area contributed by atoms with Gasteiger partial charge in [0.2, 0.25) is 5.91 Å². The van der Waals surface area contributed by atoms with E-state index in [2.05, 4.69) is 15.1 Å². The highest BCUT2D eigenvalue weighted by molar-refractivity contribution is 7.99. The van der Waals surface area contributed by atoms with Gasteiger partial charge in [-0.1, -0.05) is 23.9 Å². The van der Waals surface area contributed by atoms with Crippen LogP contribution in [0.25, 0.3) is 0 Å². The number of carbonyl (C=O) groups is 1. The molecule has 0 radical (unpaired) electrons. The number of nitrogens with zero attached hydrogens (tertiary/aromatic N) is 4. The number of benzene rings is 2. The van der Waals surface area contributed by atoms with E-state index in [4.69, 9.17) is 13.9 Å². The summed E-state index contributed by atoms with van der Waals surface area (Å²) in [6, 6.07) is 13.6. The fourth-order valence-electron chi connectivity index (χ4n) is 3.51. The number of aromatic nitrogens is 2. The van der Waals surface area contributed by atoms with Crippen molar-refractivity contribution in [2.24, 2.45) is 0 Å². The Morgan fingerprint density at radius 1 is 1.12 bits per heavy atom. The molecule has 1 fully saturated rings. The molecule has 0 aliphatic carbocycles. The number of carbonyl (C=O) groups excluding carboxylic acids is 1. The Morgan fingerprint density at radius 2 is 1.85 bits per heavy atom. The van der Waals surface area contributed by atoms with Crippen LogP contribution in [0.4, 0.5) is 10.1 Å². The van der Waals surface area contributed by atoms with Crippen LogP contribution in [-0.2, 0) is 4.79 Å². The third kappa shape index (κ3) is 5.75. The SMILES string of the molecule is COc1ccccc1N1CCN(C(=O)CSc2nnc([C@@H](C)Oc3ccc(F)cc3)o2)CC1. The van der Waals surface area contributed by atoms with E-state index < -0.39 is 6.10 Å². The Bertz CT molecular complexity index is 1070. The van der Waals surface area contributed by atoms with E-state index in [-0.39, 0.29) is 17.5 Å². The first-order valence-electron chi connectivity index (χ1n) is 10.6. The van der Waals surface area contributed by atoms with Crippen LogP contribution >= 0.6 is 11.8 Å². The van der Waals surface area contributed by atoms with Gasteiger partial charge in [-0.15, -0.1) is 10.2 Å². The number of hydrogen-bond donors (Lipinski definition) is 0. The molecule has 1 atom stereocenters. The first-order valence-corrected chi connectivity index (χ1v) is 11.6. The molecule has 3 aromatic rings. The average Bonchev–Trinajstić information content (AvgIpc) is 3.33. The third-order valence-corrected chi connectivity index (χ3v) is 6.08. The zero-order valence-electron chi connectivity index (χ0n) is 18.4. The third-order valence-electron chi connectivity index (χ3n) is 5.27. The monoisotopic (exact) mass is 472 g/mol. The Balaban J connectivity index is 1.25. The second-order valence-corrected chi connectivity index (χ2v) is 8.38. The molecule has 33 heavy (non-hydrogen) atoms. The van der Waals surface area contributed by atoms with E-state index in [0.29, 0.717) is 30.0 Å². The zero-order chi connectivity index (χ0) is 23.2. The van der Waals surface area contributed by atoms with Gasteiger partial charge in [-0.25, -0.2) is 4.39 Å². The minimum atomic E-state index is -0.504. The molecule has 2 heterocycles. The van der Waals surface area contributed by atoms with Crippen LogP contribution in [0.2, 0.25) is 0 Å². The smallest absolute Gasteiger partial charge is 0.277 e. The van der Waals surface area contributed by atoms with Gasteiger partial charge < -0.3 is 23.7 Å². The van der Waals surface area contributed by atoms with Crippen molar-refractivity contribution in [2.75, 3.05) is 43.9 Å². The quantitative estimate of drug-likeness (QED) is 0.458. The molecule has 1 aliphatic rings. The second-order valence-electron chi connectivity index (χ2n) is 7.45. The highest BCUT2D eigenvalue weighted by Crippen LogP contribution is 2.29. The summed E-state index contributed by atoms with van der Waals surface area (Å²) < 4.78 is 29.8. The Hall–Kier alpha value is -3.27. The molecule has 174 valence electrons. The lowest BCUT2D eigenvalue weighted by Gasteiger charge is -2.36. The second kappa shape index (κ2) is 10.6. The molecule has 1 amide bonds. The van der Waals surface area contributed by atoms with E-state index in [1.807, 2.05) is 29.2 Å². The topological polar surface area (TPSA) is 80.9 Å². The maximum Gasteiger partial charge on any atom is 0.277 e. The number of piperazine rings is 1. The molecular formula is C23H25FN4O4S. The molecular weight excluding hydrogens is 447 g/mol. The first-order chi connectivity index (χ1) is 16.0. The lowest BCUT2D eigenvalue weighted by molar-refractivity contribution is -0.128. The van der Waals surface area contributed by atoms with Gasteiger partial charge in [0, 0.05) is 26.2 Å². The van der Waals surface area contributed by atoms with Crippen molar-refractivity contribution in [3.05, 3.63) is 60.2 Å². The Labute approximate surface area is 195 Å². The molecule has 0 bridgehead atoms. The number of thioether (sulfide) groups is 1. The van der Waals surface area contributed by atoms with Gasteiger partial charge in [0.25, 0.3) is 11.1 Å². The molecule has 2 aromatic carbocycles. The summed E-state index contributed by atoms with van der Waals surface area (Å²) in [5, 5.41) is 8.30. The molecule has 0 spiro atoms. The predicted molar refractivity (Wildman–Crippen MR) is 122 cm³/mol. The molecule has 0 N–H and O–H groups in total. The molecule has 10 heteroatoms. The number of ether oxygens (including phenoxy) is 2. The number of methoxy groups -OCH3 is 1. The van der Waals surface area contributed by atoms with Crippen LogP contribution in [0.5, 0.6) is 11.5 Å². The van der Waals surface area contributed by atoms with Crippen molar-refractivity contribution in [2.45, 2.75) is 18.3 Å². The van der Waals surface area contributed by atoms with Crippen LogP contribution in [0.15, 0.2) is 58.2 Å². The van der Waals surface area contributed by atoms with Crippen molar-refractivity contribution >= 4 is 23.4 Å². The molecule has 0 saturated carbocycles. The number of para-hydroxylation sites is 2. The van der Waals surface area contributed by atoms with E-state index in [1.165, 1.54) is 36.0 Å². The lowest BCUT2D eigenvalue weighted by atomic mass is 10.2. The van der Waals surface area contributed by atoms with Crippen molar-refractivity contribution in [1.82, 2.24) is 15.1 Å². The van der Waals surface area contributed by atoms with Gasteiger partial charge in [-0.2, -0.15) is 0 Å². The van der Waals surface area contributed by atoms with E-state index >= 15 is 0 Å². The van der Waals surface area contributed by atoms with Crippen molar-refractivity contribution in [3.63, 3.8) is 0 Å². The minimum Gasteiger partial charge on any atom is -0.495 e. The van der Waals surface area contributed by atoms with E-state index in [1.54, 1.807) is 14.0 Å². The van der Waals surface area contributed by atoms with Crippen LogP contribution in [0, 0.1) is 5.82 Å². The van der Waals surface area contributed by atoms with Crippen molar-refractivity contribution in [3.8, 4) is 11.5 Å². The number of rotatable bonds is 8. The number of amides is 1. The van der Waals surface area contributed by atoms with Crippen LogP contribution in [-0.4, -0.2) is 60.0 Å². The highest BCUT2D eigenvalue weighted by atomic mass is 32.2. The Morgan fingerprint density at radius 3 is 2.58 bits per heavy atom. The largest absolute Gasteiger partial charge is 0.495 e. The summed E-state index contributed by atoms with van der Waals surface area (Å²) in [7, 11) is 1.66. The molecule has 1 saturated heterocycles. The van der Waals surface area contributed by atoms with Crippen molar-refractivity contribution < 1.29 is 23.1 Å². The molecule has 8 nitrogen and oxygen atoms in total.